The molecular formula is C4H2F7. The highest BCUT2D eigenvalue weighted by molar-refractivity contribution is 5.04. The number of hydrogen-bond acceptors (Lipinski definition) is 0. The number of halogens is 7. The first-order chi connectivity index (χ1) is 4.69. The second-order valence-corrected chi connectivity index (χ2v) is 1.61. The molecule has 0 heterocycles. The van der Waals surface area contributed by atoms with Crippen molar-refractivity contribution in [2.75, 3.05) is 6.67 Å². The first kappa shape index (κ1) is 10.5. The van der Waals surface area contributed by atoms with Crippen LogP contribution in [0.4, 0.5) is 30.7 Å². The zero-order chi connectivity index (χ0) is 9.28. The fraction of sp³-hybridized carbons (Fsp3) is 0.750. The van der Waals surface area contributed by atoms with Crippen molar-refractivity contribution < 1.29 is 30.7 Å². The number of alkyl halides is 7. The van der Waals surface area contributed by atoms with Crippen molar-refractivity contribution in [3.63, 3.8) is 0 Å². The molecule has 0 aliphatic carbocycles. The highest BCUT2D eigenvalue weighted by atomic mass is 19.4. The summed E-state index contributed by atoms with van der Waals surface area (Å²) in [6, 6.07) is 0. The van der Waals surface area contributed by atoms with Crippen LogP contribution < -0.4 is 0 Å². The van der Waals surface area contributed by atoms with E-state index in [0.717, 1.165) is 0 Å². The third-order valence-corrected chi connectivity index (χ3v) is 0.818. The van der Waals surface area contributed by atoms with Crippen LogP contribution in [0, 0.1) is 5.92 Å². The normalized spacial score (nSPS) is 14.2. The van der Waals surface area contributed by atoms with E-state index in [4.69, 9.17) is 0 Å². The molecule has 0 spiro atoms. The van der Waals surface area contributed by atoms with Crippen LogP contribution in [0.3, 0.4) is 0 Å². The van der Waals surface area contributed by atoms with E-state index in [1.807, 2.05) is 0 Å². The highest BCUT2D eigenvalue weighted by Crippen LogP contribution is 2.40. The van der Waals surface area contributed by atoms with Gasteiger partial charge in [-0.2, -0.15) is 26.3 Å². The van der Waals surface area contributed by atoms with Crippen LogP contribution in [0.5, 0.6) is 0 Å². The van der Waals surface area contributed by atoms with Crippen LogP contribution in [0.25, 0.3) is 0 Å². The Bertz CT molecular complexity index is 105. The minimum Gasteiger partial charge on any atom is -0.250 e. The van der Waals surface area contributed by atoms with Gasteiger partial charge >= 0.3 is 12.4 Å². The van der Waals surface area contributed by atoms with E-state index >= 15 is 0 Å². The molecule has 0 nitrogen and oxygen atoms in total. The fourth-order valence-electron chi connectivity index (χ4n) is 0.312. The summed E-state index contributed by atoms with van der Waals surface area (Å²) in [5.74, 6) is -3.01. The SMILES string of the molecule is FC[C](C(F)(F)F)C(F)(F)F. The van der Waals surface area contributed by atoms with Gasteiger partial charge in [-0.3, -0.25) is 0 Å². The lowest BCUT2D eigenvalue weighted by Crippen LogP contribution is -2.35. The Kier molecular flexibility index (Phi) is 2.74. The average Bonchev–Trinajstić information content (AvgIpc) is 1.56. The van der Waals surface area contributed by atoms with E-state index in [0.29, 0.717) is 0 Å². The van der Waals surface area contributed by atoms with Crippen molar-refractivity contribution in [1.82, 2.24) is 0 Å². The Balaban J connectivity index is 4.43. The molecule has 0 aromatic rings. The standard InChI is InChI=1S/C4H2F7/c5-1-2(3(6,7)8)4(9,10)11/h1H2. The van der Waals surface area contributed by atoms with E-state index in [2.05, 4.69) is 0 Å². The molecule has 0 saturated carbocycles. The molecule has 0 bridgehead atoms. The van der Waals surface area contributed by atoms with Gasteiger partial charge in [0.05, 0.1) is 0 Å². The minimum absolute atomic E-state index is 2.55. The van der Waals surface area contributed by atoms with Crippen LogP contribution in [0.2, 0.25) is 0 Å². The van der Waals surface area contributed by atoms with Gasteiger partial charge in [-0.1, -0.05) is 0 Å². The van der Waals surface area contributed by atoms with Crippen molar-refractivity contribution in [3.05, 3.63) is 5.92 Å². The summed E-state index contributed by atoms with van der Waals surface area (Å²) in [6.45, 7) is -2.55. The largest absolute Gasteiger partial charge is 0.407 e. The first-order valence-corrected chi connectivity index (χ1v) is 2.25. The van der Waals surface area contributed by atoms with Gasteiger partial charge in [0.15, 0.2) is 0 Å². The van der Waals surface area contributed by atoms with Crippen molar-refractivity contribution in [1.29, 1.82) is 0 Å². The van der Waals surface area contributed by atoms with Crippen molar-refractivity contribution >= 4 is 0 Å². The van der Waals surface area contributed by atoms with Crippen LogP contribution in [0.15, 0.2) is 0 Å². The monoisotopic (exact) mass is 183 g/mol. The summed E-state index contributed by atoms with van der Waals surface area (Å²) in [7, 11) is 0. The molecule has 0 aromatic carbocycles. The minimum atomic E-state index is -5.63. The highest BCUT2D eigenvalue weighted by Gasteiger charge is 2.57. The molecule has 0 rings (SSSR count). The third kappa shape index (κ3) is 2.94. The molecule has 11 heavy (non-hydrogen) atoms. The van der Waals surface area contributed by atoms with Gasteiger partial charge in [0.25, 0.3) is 0 Å². The molecule has 0 aliphatic heterocycles. The van der Waals surface area contributed by atoms with E-state index in [1.54, 1.807) is 0 Å². The smallest absolute Gasteiger partial charge is 0.250 e. The van der Waals surface area contributed by atoms with Crippen LogP contribution in [-0.4, -0.2) is 19.0 Å². The summed E-state index contributed by atoms with van der Waals surface area (Å²) >= 11 is 0. The van der Waals surface area contributed by atoms with E-state index in [1.165, 1.54) is 0 Å². The predicted octanol–water partition coefficient (Wildman–Crippen LogP) is 2.65. The number of hydrogen-bond donors (Lipinski definition) is 0. The zero-order valence-electron chi connectivity index (χ0n) is 4.85. The maximum Gasteiger partial charge on any atom is 0.407 e. The van der Waals surface area contributed by atoms with Crippen molar-refractivity contribution in [2.24, 2.45) is 0 Å². The molecule has 0 unspecified atom stereocenters. The molecule has 1 radical (unpaired) electrons. The van der Waals surface area contributed by atoms with Crippen LogP contribution in [0.1, 0.15) is 0 Å². The Morgan fingerprint density at radius 3 is 1.09 bits per heavy atom. The Morgan fingerprint density at radius 2 is 1.09 bits per heavy atom. The molecule has 7 heteroatoms. The predicted molar refractivity (Wildman–Crippen MR) is 21.3 cm³/mol. The van der Waals surface area contributed by atoms with Gasteiger partial charge in [-0.15, -0.1) is 0 Å². The van der Waals surface area contributed by atoms with Gasteiger partial charge < -0.3 is 0 Å². The summed E-state index contributed by atoms with van der Waals surface area (Å²) in [6.07, 6.45) is -11.3. The van der Waals surface area contributed by atoms with Gasteiger partial charge in [0.2, 0.25) is 5.92 Å². The molecule has 0 fully saturated rings. The van der Waals surface area contributed by atoms with Crippen LogP contribution in [-0.2, 0) is 0 Å². The summed E-state index contributed by atoms with van der Waals surface area (Å²) < 4.78 is 78.5. The van der Waals surface area contributed by atoms with Crippen molar-refractivity contribution in [2.45, 2.75) is 12.4 Å². The molecule has 0 aromatic heterocycles. The van der Waals surface area contributed by atoms with E-state index in [9.17, 15) is 30.7 Å². The molecule has 0 N–H and O–H groups in total. The molecule has 67 valence electrons. The van der Waals surface area contributed by atoms with E-state index < -0.39 is 24.9 Å². The molecule has 0 atom stereocenters. The second-order valence-electron chi connectivity index (χ2n) is 1.61. The lowest BCUT2D eigenvalue weighted by atomic mass is 10.1. The maximum atomic E-state index is 11.2. The van der Waals surface area contributed by atoms with Crippen molar-refractivity contribution in [3.8, 4) is 0 Å². The van der Waals surface area contributed by atoms with Gasteiger partial charge in [0, 0.05) is 0 Å². The van der Waals surface area contributed by atoms with E-state index in [-0.39, 0.29) is 0 Å². The maximum absolute atomic E-state index is 11.2. The quantitative estimate of drug-likeness (QED) is 0.548. The molecular weight excluding hydrogens is 181 g/mol. The molecule has 0 amide bonds. The summed E-state index contributed by atoms with van der Waals surface area (Å²) in [4.78, 5) is 0. The second kappa shape index (κ2) is 2.86. The summed E-state index contributed by atoms with van der Waals surface area (Å²) in [5, 5.41) is 0. The zero-order valence-corrected chi connectivity index (χ0v) is 4.85. The first-order valence-electron chi connectivity index (χ1n) is 2.25. The van der Waals surface area contributed by atoms with Gasteiger partial charge in [0.1, 0.15) is 6.67 Å². The fourth-order valence-corrected chi connectivity index (χ4v) is 0.312. The van der Waals surface area contributed by atoms with Crippen LogP contribution >= 0.6 is 0 Å². The topological polar surface area (TPSA) is 0 Å². The Morgan fingerprint density at radius 1 is 0.818 bits per heavy atom. The van der Waals surface area contributed by atoms with Gasteiger partial charge in [-0.25, -0.2) is 4.39 Å². The molecule has 0 aliphatic rings. The lowest BCUT2D eigenvalue weighted by molar-refractivity contribution is -0.208. The average molecular weight is 183 g/mol. The third-order valence-electron chi connectivity index (χ3n) is 0.818. The summed E-state index contributed by atoms with van der Waals surface area (Å²) in [5.41, 5.74) is 0. The molecule has 0 saturated heterocycles. The number of rotatable bonds is 1. The Labute approximate surface area is 57.0 Å². The van der Waals surface area contributed by atoms with Gasteiger partial charge in [-0.05, 0) is 0 Å². The lowest BCUT2D eigenvalue weighted by Gasteiger charge is -2.18. The Hall–Kier alpha value is -0.490.